The molecule has 5 atom stereocenters. The minimum Gasteiger partial charge on any atom is -0.399 e. The molecule has 0 radical (unpaired) electrons. The first-order valence-electron chi connectivity index (χ1n) is 19.2. The predicted octanol–water partition coefficient (Wildman–Crippen LogP) is 12.6. The van der Waals surface area contributed by atoms with Crippen LogP contribution in [0.4, 0.5) is 0 Å². The monoisotopic (exact) mass is 804 g/mol. The Morgan fingerprint density at radius 1 is 0.448 bits per heavy atom. The van der Waals surface area contributed by atoms with Gasteiger partial charge in [-0.05, 0) is 67.4 Å². The summed E-state index contributed by atoms with van der Waals surface area (Å²) in [7, 11) is -2.45. The van der Waals surface area contributed by atoms with Gasteiger partial charge in [0.05, 0.1) is 6.61 Å². The maximum atomic E-state index is 6.84. The molecule has 0 amide bonds. The number of benzene rings is 8. The summed E-state index contributed by atoms with van der Waals surface area (Å²) in [5.41, 5.74) is 2.66. The predicted molar refractivity (Wildman–Crippen MR) is 229 cm³/mol. The highest BCUT2D eigenvalue weighted by molar-refractivity contribution is 7.32. The van der Waals surface area contributed by atoms with Gasteiger partial charge in [-0.15, -0.1) is 0 Å². The Morgan fingerprint density at radius 2 is 0.810 bits per heavy atom. The molecule has 286 valence electrons. The maximum Gasteiger partial charge on any atom is 0.387 e. The van der Waals surface area contributed by atoms with Crippen molar-refractivity contribution in [3.05, 3.63) is 146 Å². The molecule has 2 aliphatic heterocycles. The molecule has 4 heterocycles. The summed E-state index contributed by atoms with van der Waals surface area (Å²) >= 11 is 0. The molecule has 0 saturated carbocycles. The molecule has 2 aliphatic rings. The van der Waals surface area contributed by atoms with Crippen molar-refractivity contribution in [2.45, 2.75) is 30.7 Å². The Balaban J connectivity index is 0.990. The van der Waals surface area contributed by atoms with Gasteiger partial charge >= 0.3 is 16.5 Å². The maximum absolute atomic E-state index is 6.84. The SMILES string of the molecule is CO[C@@H]1O[C@H]2CO[C@H]([C@H]1Op1oc3ccc4ccccc4c3c3c(ccc4ccccc43)o1)[C@@H]2Op1oc2ccc3ccccc3c2c2c(ccc3ccccc32)o1. The lowest BCUT2D eigenvalue weighted by Crippen LogP contribution is -2.57. The van der Waals surface area contributed by atoms with Gasteiger partial charge in [0.2, 0.25) is 0 Å². The summed E-state index contributed by atoms with van der Waals surface area (Å²) in [6.45, 7) is 0.268. The highest BCUT2D eigenvalue weighted by Crippen LogP contribution is 2.46. The van der Waals surface area contributed by atoms with Crippen molar-refractivity contribution in [2.24, 2.45) is 0 Å². The third kappa shape index (κ3) is 5.51. The van der Waals surface area contributed by atoms with E-state index < -0.39 is 47.2 Å². The lowest BCUT2D eigenvalue weighted by atomic mass is 9.99. The number of methoxy groups -OCH3 is 1. The van der Waals surface area contributed by atoms with Gasteiger partial charge in [-0.2, -0.15) is 0 Å². The Morgan fingerprint density at radius 3 is 1.19 bits per heavy atom. The van der Waals surface area contributed by atoms with Gasteiger partial charge in [0.15, 0.2) is 12.4 Å². The van der Waals surface area contributed by atoms with Crippen LogP contribution in [0.15, 0.2) is 162 Å². The normalized spacial score (nSPS) is 20.7. The lowest BCUT2D eigenvalue weighted by Gasteiger charge is -2.37. The molecule has 10 aromatic rings. The fourth-order valence-corrected chi connectivity index (χ4v) is 11.2. The molecule has 2 saturated heterocycles. The topological polar surface area (TPSA) is 98.7 Å². The molecule has 11 heteroatoms. The first-order valence-corrected chi connectivity index (χ1v) is 21.4. The third-order valence-electron chi connectivity index (χ3n) is 11.4. The third-order valence-corrected chi connectivity index (χ3v) is 13.7. The van der Waals surface area contributed by atoms with Crippen molar-refractivity contribution in [1.29, 1.82) is 0 Å². The first-order chi connectivity index (χ1) is 28.7. The first kappa shape index (κ1) is 34.4. The molecule has 2 aromatic heterocycles. The van der Waals surface area contributed by atoms with E-state index in [9.17, 15) is 0 Å². The highest BCUT2D eigenvalue weighted by Gasteiger charge is 2.55. The summed E-state index contributed by atoms with van der Waals surface area (Å²) in [6.07, 6.45) is -3.30. The smallest absolute Gasteiger partial charge is 0.387 e. The fourth-order valence-electron chi connectivity index (χ4n) is 8.82. The van der Waals surface area contributed by atoms with E-state index in [0.717, 1.165) is 64.6 Å². The molecular formula is C47H34O9P2. The van der Waals surface area contributed by atoms with Crippen LogP contribution >= 0.6 is 16.5 Å². The zero-order valence-corrected chi connectivity index (χ0v) is 32.8. The average Bonchev–Trinajstić information content (AvgIpc) is 3.38. The largest absolute Gasteiger partial charge is 0.399 e. The number of hydrogen-bond donors (Lipinski definition) is 0. The van der Waals surface area contributed by atoms with Gasteiger partial charge in [0.25, 0.3) is 0 Å². The molecule has 2 fully saturated rings. The van der Waals surface area contributed by atoms with Crippen molar-refractivity contribution in [3.8, 4) is 0 Å². The van der Waals surface area contributed by atoms with Crippen LogP contribution in [0.5, 0.6) is 0 Å². The van der Waals surface area contributed by atoms with E-state index in [4.69, 9.17) is 40.0 Å². The molecule has 12 rings (SSSR count). The minimum atomic E-state index is -2.05. The summed E-state index contributed by atoms with van der Waals surface area (Å²) in [5, 5.41) is 12.5. The summed E-state index contributed by atoms with van der Waals surface area (Å²) in [4.78, 5) is 0. The quantitative estimate of drug-likeness (QED) is 0.168. The van der Waals surface area contributed by atoms with Crippen LogP contribution in [0.3, 0.4) is 0 Å². The molecule has 58 heavy (non-hydrogen) atoms. The Hall–Kier alpha value is -5.60. The van der Waals surface area contributed by atoms with E-state index in [0.29, 0.717) is 22.3 Å². The van der Waals surface area contributed by atoms with Crippen LogP contribution in [0.1, 0.15) is 0 Å². The molecule has 2 bridgehead atoms. The van der Waals surface area contributed by atoms with E-state index in [1.807, 2.05) is 72.8 Å². The van der Waals surface area contributed by atoms with Crippen molar-refractivity contribution < 1.29 is 40.0 Å². The number of ether oxygens (including phenoxy) is 3. The summed E-state index contributed by atoms with van der Waals surface area (Å²) in [5.74, 6) is 0. The van der Waals surface area contributed by atoms with Gasteiger partial charge in [-0.1, -0.05) is 121 Å². The van der Waals surface area contributed by atoms with E-state index >= 15 is 0 Å². The molecular weight excluding hydrogens is 770 g/mol. The second-order valence-electron chi connectivity index (χ2n) is 14.7. The Bertz CT molecular complexity index is 3150. The highest BCUT2D eigenvalue weighted by atomic mass is 31.1. The van der Waals surface area contributed by atoms with E-state index in [1.165, 1.54) is 0 Å². The Kier molecular flexibility index (Phi) is 8.17. The van der Waals surface area contributed by atoms with Gasteiger partial charge in [0, 0.05) is 28.7 Å². The molecule has 9 nitrogen and oxygen atoms in total. The second-order valence-corrected chi connectivity index (χ2v) is 16.7. The van der Waals surface area contributed by atoms with Gasteiger partial charge < -0.3 is 31.0 Å². The van der Waals surface area contributed by atoms with Crippen LogP contribution in [0.25, 0.3) is 87.0 Å². The molecule has 8 aromatic carbocycles. The van der Waals surface area contributed by atoms with Crippen LogP contribution in [0, 0.1) is 0 Å². The Labute approximate surface area is 332 Å². The zero-order valence-electron chi connectivity index (χ0n) is 31.0. The minimum absolute atomic E-state index is 0.268. The van der Waals surface area contributed by atoms with Crippen molar-refractivity contribution in [3.63, 3.8) is 0 Å². The van der Waals surface area contributed by atoms with Crippen LogP contribution < -0.4 is 9.05 Å². The molecule has 0 unspecified atom stereocenters. The van der Waals surface area contributed by atoms with E-state index in [2.05, 4.69) is 72.8 Å². The van der Waals surface area contributed by atoms with Gasteiger partial charge in [0.1, 0.15) is 40.6 Å². The zero-order chi connectivity index (χ0) is 38.3. The number of hydrogen-bond acceptors (Lipinski definition) is 9. The van der Waals surface area contributed by atoms with Gasteiger partial charge in [-0.25, -0.2) is 0 Å². The van der Waals surface area contributed by atoms with E-state index in [-0.39, 0.29) is 6.61 Å². The fraction of sp³-hybridized carbons (Fsp3) is 0.149. The second kappa shape index (κ2) is 13.8. The van der Waals surface area contributed by atoms with Crippen LogP contribution in [-0.2, 0) is 14.2 Å². The van der Waals surface area contributed by atoms with E-state index in [1.54, 1.807) is 7.11 Å². The van der Waals surface area contributed by atoms with Crippen molar-refractivity contribution >= 4 is 103 Å². The average molecular weight is 805 g/mol. The summed E-state index contributed by atoms with van der Waals surface area (Å²) in [6, 6.07) is 49.5. The van der Waals surface area contributed by atoms with Crippen LogP contribution in [-0.4, -0.2) is 44.4 Å². The molecule has 0 aliphatic carbocycles. The van der Waals surface area contributed by atoms with Gasteiger partial charge in [-0.3, -0.25) is 9.05 Å². The molecule has 0 spiro atoms. The van der Waals surface area contributed by atoms with Crippen LogP contribution in [0.2, 0.25) is 0 Å². The van der Waals surface area contributed by atoms with Crippen molar-refractivity contribution in [1.82, 2.24) is 0 Å². The lowest BCUT2D eigenvalue weighted by molar-refractivity contribution is -0.232. The summed E-state index contributed by atoms with van der Waals surface area (Å²) < 4.78 is 59.4. The number of rotatable bonds is 5. The van der Waals surface area contributed by atoms with Crippen molar-refractivity contribution in [2.75, 3.05) is 13.7 Å². The standard InChI is InChI=1S/C47H34O9P2/c1-48-47-46(56-58-53-37-24-20-29-12-4-8-16-33(29)42(37)43-34-17-9-5-13-30(34)21-25-38(43)54-58)45-44(39(50-47)26-49-45)55-57-51-35-22-18-27-10-2-6-14-31(27)40(35)41-32-15-7-3-11-28(32)19-23-36(41)52-57/h2-25,39,44-47H,26H2,1H3/t39-,44+,45-,46+,47+/m0/s1. The number of fused-ring (bicyclic) bond motifs is 16. The molecule has 0 N–H and O–H groups in total.